The number of carbonyl (C=O) groups excluding carboxylic acids is 1. The first-order valence-corrected chi connectivity index (χ1v) is 10.7. The predicted octanol–water partition coefficient (Wildman–Crippen LogP) is 4.29. The Morgan fingerprint density at radius 1 is 1.13 bits per heavy atom. The molecule has 7 heteroatoms. The van der Waals surface area contributed by atoms with E-state index in [4.69, 9.17) is 4.74 Å². The van der Waals surface area contributed by atoms with Crippen molar-refractivity contribution < 1.29 is 9.53 Å². The molecule has 1 aliphatic carbocycles. The zero-order valence-electron chi connectivity index (χ0n) is 16.2. The van der Waals surface area contributed by atoms with Crippen LogP contribution in [0.1, 0.15) is 40.7 Å². The summed E-state index contributed by atoms with van der Waals surface area (Å²) in [6.45, 7) is 4.08. The van der Waals surface area contributed by atoms with Gasteiger partial charge in [0.15, 0.2) is 5.78 Å². The highest BCUT2D eigenvalue weighted by Crippen LogP contribution is 2.47. The van der Waals surface area contributed by atoms with Gasteiger partial charge in [-0.25, -0.2) is 0 Å². The molecule has 0 spiro atoms. The van der Waals surface area contributed by atoms with Crippen molar-refractivity contribution in [1.82, 2.24) is 10.2 Å². The first-order chi connectivity index (χ1) is 14.7. The Morgan fingerprint density at radius 3 is 2.70 bits per heavy atom. The van der Waals surface area contributed by atoms with Gasteiger partial charge in [-0.2, -0.15) is 0 Å². The summed E-state index contributed by atoms with van der Waals surface area (Å²) in [7, 11) is 0. The van der Waals surface area contributed by atoms with Crippen molar-refractivity contribution in [2.45, 2.75) is 24.7 Å². The van der Waals surface area contributed by atoms with E-state index in [0.717, 1.165) is 23.4 Å². The molecule has 1 aliphatic heterocycles. The molecule has 3 N–H and O–H groups in total. The Balaban J connectivity index is 1.57. The summed E-state index contributed by atoms with van der Waals surface area (Å²) in [5.41, 5.74) is 2.82. The normalized spacial score (nSPS) is 20.3. The molecule has 2 aliphatic rings. The fourth-order valence-electron chi connectivity index (χ4n) is 4.39. The molecule has 0 bridgehead atoms. The number of ketones is 1. The predicted molar refractivity (Wildman–Crippen MR) is 117 cm³/mol. The van der Waals surface area contributed by atoms with Crippen molar-refractivity contribution in [2.24, 2.45) is 0 Å². The number of hydrogen-bond acceptors (Lipinski definition) is 5. The van der Waals surface area contributed by atoms with E-state index < -0.39 is 5.92 Å². The molecule has 2 aromatic heterocycles. The van der Waals surface area contributed by atoms with Gasteiger partial charge < -0.3 is 10.1 Å². The maximum absolute atomic E-state index is 13.3. The lowest BCUT2D eigenvalue weighted by Crippen LogP contribution is -2.31. The molecular formula is C23H21N3O3S. The third-order valence-electron chi connectivity index (χ3n) is 5.70. The molecule has 0 unspecified atom stereocenters. The zero-order chi connectivity index (χ0) is 20.7. The second-order valence-corrected chi connectivity index (χ2v) is 8.51. The SMILES string of the molecule is C=CCOc1ccc([C@@H]2C3=C(C[C@@H](c4cccs4)CC3=O)Nc3[nH][nH]c(=O)c32)cc1. The van der Waals surface area contributed by atoms with Crippen molar-refractivity contribution in [3.8, 4) is 5.75 Å². The largest absolute Gasteiger partial charge is 0.490 e. The van der Waals surface area contributed by atoms with Crippen LogP contribution in [0.5, 0.6) is 5.75 Å². The first-order valence-electron chi connectivity index (χ1n) is 9.86. The minimum absolute atomic E-state index is 0.0883. The molecule has 2 atom stereocenters. The summed E-state index contributed by atoms with van der Waals surface area (Å²) in [4.78, 5) is 27.1. The lowest BCUT2D eigenvalue weighted by molar-refractivity contribution is -0.116. The van der Waals surface area contributed by atoms with Crippen molar-refractivity contribution in [3.05, 3.63) is 92.1 Å². The molecule has 0 saturated heterocycles. The number of fused-ring (bicyclic) bond motifs is 1. The molecule has 152 valence electrons. The number of carbonyl (C=O) groups is 1. The summed E-state index contributed by atoms with van der Waals surface area (Å²) in [5.74, 6) is 1.20. The van der Waals surface area contributed by atoms with Gasteiger partial charge in [0, 0.05) is 34.4 Å². The van der Waals surface area contributed by atoms with Crippen LogP contribution < -0.4 is 15.6 Å². The lowest BCUT2D eigenvalue weighted by atomic mass is 9.74. The third-order valence-corrected chi connectivity index (χ3v) is 6.74. The van der Waals surface area contributed by atoms with E-state index in [1.165, 1.54) is 4.88 Å². The number of ether oxygens (including phenoxy) is 1. The van der Waals surface area contributed by atoms with Crippen LogP contribution in [0, 0.1) is 0 Å². The summed E-state index contributed by atoms with van der Waals surface area (Å²) in [5, 5.41) is 11.0. The molecule has 6 nitrogen and oxygen atoms in total. The number of Topliss-reactive ketones (excluding diaryl/α,β-unsaturated/α-hetero) is 1. The van der Waals surface area contributed by atoms with Gasteiger partial charge in [-0.15, -0.1) is 11.3 Å². The summed E-state index contributed by atoms with van der Waals surface area (Å²) < 4.78 is 5.58. The minimum Gasteiger partial charge on any atom is -0.490 e. The highest BCUT2D eigenvalue weighted by Gasteiger charge is 2.40. The highest BCUT2D eigenvalue weighted by molar-refractivity contribution is 7.10. The quantitative estimate of drug-likeness (QED) is 0.539. The van der Waals surface area contributed by atoms with Crippen LogP contribution in [0.4, 0.5) is 5.82 Å². The molecular weight excluding hydrogens is 398 g/mol. The smallest absolute Gasteiger partial charge is 0.270 e. The number of hydrogen-bond donors (Lipinski definition) is 3. The third kappa shape index (κ3) is 3.11. The molecule has 3 aromatic rings. The number of aromatic amines is 2. The Labute approximate surface area is 177 Å². The Morgan fingerprint density at radius 2 is 1.97 bits per heavy atom. The maximum atomic E-state index is 13.3. The molecule has 0 amide bonds. The number of benzene rings is 1. The van der Waals surface area contributed by atoms with Crippen molar-refractivity contribution in [2.75, 3.05) is 11.9 Å². The Bertz CT molecular complexity index is 1190. The second-order valence-electron chi connectivity index (χ2n) is 7.53. The van der Waals surface area contributed by atoms with Crippen LogP contribution in [-0.4, -0.2) is 22.6 Å². The zero-order valence-corrected chi connectivity index (χ0v) is 17.1. The van der Waals surface area contributed by atoms with Gasteiger partial charge >= 0.3 is 0 Å². The van der Waals surface area contributed by atoms with E-state index in [9.17, 15) is 9.59 Å². The van der Waals surface area contributed by atoms with E-state index in [1.807, 2.05) is 35.7 Å². The average Bonchev–Trinajstić information content (AvgIpc) is 3.42. The second kappa shape index (κ2) is 7.50. The molecule has 0 saturated carbocycles. The van der Waals surface area contributed by atoms with E-state index in [1.54, 1.807) is 17.4 Å². The number of nitrogens with one attached hydrogen (secondary N) is 3. The number of H-pyrrole nitrogens is 2. The first kappa shape index (κ1) is 18.7. The molecule has 30 heavy (non-hydrogen) atoms. The molecule has 1 aromatic carbocycles. The summed E-state index contributed by atoms with van der Waals surface area (Å²) in [6.07, 6.45) is 2.88. The fraction of sp³-hybridized carbons (Fsp3) is 0.217. The molecule has 0 radical (unpaired) electrons. The standard InChI is InChI=1S/C23H21N3O3S/c1-2-9-29-15-7-5-13(6-8-15)19-20-16(24-22-21(19)23(28)26-25-22)11-14(12-17(20)27)18-4-3-10-30-18/h2-8,10,14,19H,1,9,11-12H2,(H3,24,25,26,28)/t14-,19-/m1/s1. The highest BCUT2D eigenvalue weighted by atomic mass is 32.1. The van der Waals surface area contributed by atoms with Crippen LogP contribution in [0.3, 0.4) is 0 Å². The fourth-order valence-corrected chi connectivity index (χ4v) is 5.22. The number of rotatable bonds is 5. The minimum atomic E-state index is -0.406. The van der Waals surface area contributed by atoms with Crippen LogP contribution in [0.25, 0.3) is 0 Å². The number of anilines is 1. The van der Waals surface area contributed by atoms with Gasteiger partial charge in [0.25, 0.3) is 5.56 Å². The monoisotopic (exact) mass is 419 g/mol. The van der Waals surface area contributed by atoms with Gasteiger partial charge in [-0.1, -0.05) is 30.9 Å². The van der Waals surface area contributed by atoms with Gasteiger partial charge in [0.05, 0.1) is 5.56 Å². The number of allylic oxidation sites excluding steroid dienone is 2. The molecule has 0 fully saturated rings. The summed E-state index contributed by atoms with van der Waals surface area (Å²) in [6, 6.07) is 11.7. The van der Waals surface area contributed by atoms with E-state index in [2.05, 4.69) is 28.2 Å². The van der Waals surface area contributed by atoms with Crippen molar-refractivity contribution in [1.29, 1.82) is 0 Å². The van der Waals surface area contributed by atoms with E-state index in [0.29, 0.717) is 30.0 Å². The van der Waals surface area contributed by atoms with Gasteiger partial charge in [0.2, 0.25) is 0 Å². The number of thiophene rings is 1. The number of aromatic nitrogens is 2. The van der Waals surface area contributed by atoms with E-state index in [-0.39, 0.29) is 17.3 Å². The van der Waals surface area contributed by atoms with Gasteiger partial charge in [0.1, 0.15) is 18.2 Å². The van der Waals surface area contributed by atoms with Crippen LogP contribution in [-0.2, 0) is 4.79 Å². The van der Waals surface area contributed by atoms with E-state index >= 15 is 0 Å². The maximum Gasteiger partial charge on any atom is 0.270 e. The Kier molecular flexibility index (Phi) is 4.67. The van der Waals surface area contributed by atoms with Crippen LogP contribution in [0.2, 0.25) is 0 Å². The van der Waals surface area contributed by atoms with Crippen LogP contribution >= 0.6 is 11.3 Å². The molecule has 5 rings (SSSR count). The van der Waals surface area contributed by atoms with Crippen molar-refractivity contribution >= 4 is 22.9 Å². The summed E-state index contributed by atoms with van der Waals surface area (Å²) >= 11 is 1.68. The van der Waals surface area contributed by atoms with Crippen molar-refractivity contribution in [3.63, 3.8) is 0 Å². The van der Waals surface area contributed by atoms with Gasteiger partial charge in [-0.3, -0.25) is 19.8 Å². The lowest BCUT2D eigenvalue weighted by Gasteiger charge is -2.34. The molecule has 3 heterocycles. The van der Waals surface area contributed by atoms with Crippen LogP contribution in [0.15, 0.2) is 70.5 Å². The Hall–Kier alpha value is -3.32. The average molecular weight is 420 g/mol. The van der Waals surface area contributed by atoms with Gasteiger partial charge in [-0.05, 0) is 35.6 Å². The topological polar surface area (TPSA) is 87.0 Å².